The molecule has 0 radical (unpaired) electrons. The van der Waals surface area contributed by atoms with E-state index in [4.69, 9.17) is 4.74 Å². The summed E-state index contributed by atoms with van der Waals surface area (Å²) in [6, 6.07) is 11.3. The smallest absolute Gasteiger partial charge is 0.189 e. The molecule has 1 aromatic heterocycles. The third kappa shape index (κ3) is 5.25. The lowest BCUT2D eigenvalue weighted by molar-refractivity contribution is 0.104. The molecule has 4 nitrogen and oxygen atoms in total. The van der Waals surface area contributed by atoms with Crippen LogP contribution in [0.3, 0.4) is 0 Å². The second-order valence-corrected chi connectivity index (χ2v) is 5.13. The first-order chi connectivity index (χ1) is 11.2. The van der Waals surface area contributed by atoms with Gasteiger partial charge < -0.3 is 10.1 Å². The normalized spacial score (nSPS) is 11.1. The summed E-state index contributed by atoms with van der Waals surface area (Å²) in [5.41, 5.74) is 2.38. The van der Waals surface area contributed by atoms with Crippen molar-refractivity contribution in [3.63, 3.8) is 0 Å². The van der Waals surface area contributed by atoms with Gasteiger partial charge in [-0.25, -0.2) is 0 Å². The predicted octanol–water partition coefficient (Wildman–Crippen LogP) is 4.46. The Morgan fingerprint density at radius 1 is 1.22 bits per heavy atom. The highest BCUT2D eigenvalue weighted by molar-refractivity contribution is 6.04. The van der Waals surface area contributed by atoms with Gasteiger partial charge in [-0.15, -0.1) is 0 Å². The number of allylic oxidation sites excluding steroid dienone is 2. The van der Waals surface area contributed by atoms with Crippen molar-refractivity contribution in [2.24, 2.45) is 0 Å². The van der Waals surface area contributed by atoms with Crippen molar-refractivity contribution >= 4 is 11.5 Å². The number of rotatable bonds is 8. The van der Waals surface area contributed by atoms with E-state index in [1.165, 1.54) is 0 Å². The molecule has 4 heteroatoms. The van der Waals surface area contributed by atoms with Crippen LogP contribution in [0.1, 0.15) is 37.0 Å². The molecule has 0 amide bonds. The molecule has 0 aliphatic rings. The van der Waals surface area contributed by atoms with Crippen molar-refractivity contribution in [2.75, 3.05) is 11.9 Å². The van der Waals surface area contributed by atoms with Gasteiger partial charge in [0.1, 0.15) is 5.75 Å². The first-order valence-electron chi connectivity index (χ1n) is 7.87. The van der Waals surface area contributed by atoms with E-state index in [0.29, 0.717) is 12.2 Å². The zero-order valence-electron chi connectivity index (χ0n) is 13.6. The molecule has 0 saturated heterocycles. The average molecular weight is 310 g/mol. The second-order valence-electron chi connectivity index (χ2n) is 5.13. The monoisotopic (exact) mass is 310 g/mol. The van der Waals surface area contributed by atoms with Gasteiger partial charge in [-0.1, -0.05) is 13.8 Å². The lowest BCUT2D eigenvalue weighted by atomic mass is 10.1. The molecule has 2 aromatic rings. The highest BCUT2D eigenvalue weighted by Crippen LogP contribution is 2.18. The van der Waals surface area contributed by atoms with Crippen molar-refractivity contribution in [1.29, 1.82) is 0 Å². The lowest BCUT2D eigenvalue weighted by Crippen LogP contribution is -2.04. The number of carbonyl (C=O) groups excluding carboxylic acids is 1. The summed E-state index contributed by atoms with van der Waals surface area (Å²) in [6.07, 6.45) is 6.57. The molecule has 1 N–H and O–H groups in total. The highest BCUT2D eigenvalue weighted by Gasteiger charge is 2.05. The zero-order chi connectivity index (χ0) is 16.5. The maximum absolute atomic E-state index is 12.2. The molecule has 0 saturated carbocycles. The lowest BCUT2D eigenvalue weighted by Gasteiger charge is -2.10. The fraction of sp³-hybridized carbons (Fsp3) is 0.263. The molecule has 0 fully saturated rings. The number of ketones is 1. The van der Waals surface area contributed by atoms with Crippen LogP contribution in [-0.2, 0) is 0 Å². The van der Waals surface area contributed by atoms with Crippen LogP contribution >= 0.6 is 0 Å². The summed E-state index contributed by atoms with van der Waals surface area (Å²) >= 11 is 0. The molecular formula is C19H22N2O2. The van der Waals surface area contributed by atoms with Gasteiger partial charge in [0.25, 0.3) is 0 Å². The number of carbonyl (C=O) groups is 1. The first kappa shape index (κ1) is 16.7. The molecule has 2 rings (SSSR count). The largest absolute Gasteiger partial charge is 0.494 e. The van der Waals surface area contributed by atoms with Crippen LogP contribution in [0.5, 0.6) is 5.75 Å². The van der Waals surface area contributed by atoms with E-state index in [9.17, 15) is 4.79 Å². The van der Waals surface area contributed by atoms with E-state index in [1.807, 2.05) is 31.2 Å². The van der Waals surface area contributed by atoms with E-state index in [0.717, 1.165) is 30.0 Å². The Hall–Kier alpha value is -2.62. The molecule has 0 unspecified atom stereocenters. The van der Waals surface area contributed by atoms with Crippen molar-refractivity contribution in [3.8, 4) is 5.75 Å². The maximum Gasteiger partial charge on any atom is 0.189 e. The number of aromatic nitrogens is 1. The van der Waals surface area contributed by atoms with Crippen LogP contribution in [0.25, 0.3) is 0 Å². The SMILES string of the molecule is CCCOc1ccc(N/C(=C/C(=O)c2cccnc2)CC)cc1. The number of anilines is 1. The van der Waals surface area contributed by atoms with Crippen LogP contribution in [0, 0.1) is 0 Å². The third-order valence-corrected chi connectivity index (χ3v) is 3.26. The van der Waals surface area contributed by atoms with Gasteiger partial charge in [0, 0.05) is 35.4 Å². The van der Waals surface area contributed by atoms with E-state index in [2.05, 4.69) is 17.2 Å². The number of pyridine rings is 1. The van der Waals surface area contributed by atoms with Gasteiger partial charge in [0.2, 0.25) is 0 Å². The van der Waals surface area contributed by atoms with Crippen LogP contribution < -0.4 is 10.1 Å². The van der Waals surface area contributed by atoms with E-state index in [1.54, 1.807) is 30.6 Å². The first-order valence-corrected chi connectivity index (χ1v) is 7.87. The molecular weight excluding hydrogens is 288 g/mol. The Bertz CT molecular complexity index is 649. The molecule has 0 atom stereocenters. The van der Waals surface area contributed by atoms with Gasteiger partial charge in [-0.2, -0.15) is 0 Å². The second kappa shape index (κ2) is 8.73. The number of nitrogens with zero attached hydrogens (tertiary/aromatic N) is 1. The molecule has 0 spiro atoms. The summed E-state index contributed by atoms with van der Waals surface area (Å²) in [5, 5.41) is 3.28. The quantitative estimate of drug-likeness (QED) is 0.578. The summed E-state index contributed by atoms with van der Waals surface area (Å²) < 4.78 is 5.56. The van der Waals surface area contributed by atoms with E-state index < -0.39 is 0 Å². The summed E-state index contributed by atoms with van der Waals surface area (Å²) in [7, 11) is 0. The van der Waals surface area contributed by atoms with E-state index >= 15 is 0 Å². The highest BCUT2D eigenvalue weighted by atomic mass is 16.5. The molecule has 23 heavy (non-hydrogen) atoms. The Kier molecular flexibility index (Phi) is 6.36. The summed E-state index contributed by atoms with van der Waals surface area (Å²) in [6.45, 7) is 4.80. The summed E-state index contributed by atoms with van der Waals surface area (Å²) in [4.78, 5) is 16.2. The summed E-state index contributed by atoms with van der Waals surface area (Å²) in [5.74, 6) is 0.802. The van der Waals surface area contributed by atoms with Crippen LogP contribution in [-0.4, -0.2) is 17.4 Å². The van der Waals surface area contributed by atoms with Gasteiger partial charge in [0.05, 0.1) is 6.61 Å². The maximum atomic E-state index is 12.2. The fourth-order valence-electron chi connectivity index (χ4n) is 2.02. The molecule has 1 aromatic carbocycles. The van der Waals surface area contributed by atoms with Gasteiger partial charge in [-0.3, -0.25) is 9.78 Å². The molecule has 0 aliphatic carbocycles. The van der Waals surface area contributed by atoms with Gasteiger partial charge in [-0.05, 0) is 49.2 Å². The number of hydrogen-bond acceptors (Lipinski definition) is 4. The minimum absolute atomic E-state index is 0.0506. The van der Waals surface area contributed by atoms with Crippen molar-refractivity contribution in [3.05, 3.63) is 66.1 Å². The number of benzene rings is 1. The number of nitrogens with one attached hydrogen (secondary N) is 1. The molecule has 0 aliphatic heterocycles. The topological polar surface area (TPSA) is 51.2 Å². The van der Waals surface area contributed by atoms with E-state index in [-0.39, 0.29) is 5.78 Å². The minimum atomic E-state index is -0.0506. The molecule has 1 heterocycles. The number of ether oxygens (including phenoxy) is 1. The predicted molar refractivity (Wildman–Crippen MR) is 92.8 cm³/mol. The Labute approximate surface area is 137 Å². The minimum Gasteiger partial charge on any atom is -0.494 e. The van der Waals surface area contributed by atoms with Crippen molar-refractivity contribution in [1.82, 2.24) is 4.98 Å². The fourth-order valence-corrected chi connectivity index (χ4v) is 2.02. The van der Waals surface area contributed by atoms with Crippen molar-refractivity contribution in [2.45, 2.75) is 26.7 Å². The van der Waals surface area contributed by atoms with Crippen LogP contribution in [0.2, 0.25) is 0 Å². The Morgan fingerprint density at radius 2 is 2.00 bits per heavy atom. The van der Waals surface area contributed by atoms with Crippen LogP contribution in [0.15, 0.2) is 60.6 Å². The zero-order valence-corrected chi connectivity index (χ0v) is 13.6. The molecule has 120 valence electrons. The van der Waals surface area contributed by atoms with Gasteiger partial charge in [0.15, 0.2) is 5.78 Å². The molecule has 0 bridgehead atoms. The average Bonchev–Trinajstić information content (AvgIpc) is 2.61. The Balaban J connectivity index is 2.04. The third-order valence-electron chi connectivity index (χ3n) is 3.26. The van der Waals surface area contributed by atoms with Crippen molar-refractivity contribution < 1.29 is 9.53 Å². The number of hydrogen-bond donors (Lipinski definition) is 1. The standard InChI is InChI=1S/C19H22N2O2/c1-3-12-23-18-9-7-17(8-10-18)21-16(4-2)13-19(22)15-6-5-11-20-14-15/h5-11,13-14,21H,3-4,12H2,1-2H3/b16-13+. The van der Waals surface area contributed by atoms with Gasteiger partial charge >= 0.3 is 0 Å². The van der Waals surface area contributed by atoms with Crippen LogP contribution in [0.4, 0.5) is 5.69 Å². The Morgan fingerprint density at radius 3 is 2.61 bits per heavy atom.